The second kappa shape index (κ2) is 7.06. The Morgan fingerprint density at radius 3 is 2.58 bits per heavy atom. The fraction of sp³-hybridized carbons (Fsp3) is 0.789. The Bertz CT molecular complexity index is 540. The summed E-state index contributed by atoms with van der Waals surface area (Å²) in [6, 6.07) is 0. The molecule has 5 heteroatoms. The number of carbonyl (C=O) groups excluding carboxylic acids is 2. The van der Waals surface area contributed by atoms with Crippen LogP contribution < -0.4 is 0 Å². The summed E-state index contributed by atoms with van der Waals surface area (Å²) in [5.41, 5.74) is -0.0813. The molecule has 136 valence electrons. The van der Waals surface area contributed by atoms with E-state index in [1.165, 1.54) is 6.08 Å². The Morgan fingerprint density at radius 2 is 2.04 bits per heavy atom. The van der Waals surface area contributed by atoms with Crippen LogP contribution in [0.25, 0.3) is 0 Å². The van der Waals surface area contributed by atoms with Crippen molar-refractivity contribution in [2.24, 2.45) is 29.1 Å². The number of hydrogen-bond donors (Lipinski definition) is 3. The Kier molecular flexibility index (Phi) is 5.68. The van der Waals surface area contributed by atoms with Crippen LogP contribution in [0.2, 0.25) is 0 Å². The minimum absolute atomic E-state index is 0.0348. The van der Waals surface area contributed by atoms with Gasteiger partial charge in [0.1, 0.15) is 5.78 Å². The highest BCUT2D eigenvalue weighted by Crippen LogP contribution is 2.55. The van der Waals surface area contributed by atoms with Crippen molar-refractivity contribution in [1.82, 2.24) is 0 Å². The monoisotopic (exact) mass is 338 g/mol. The quantitative estimate of drug-likeness (QED) is 0.706. The molecule has 24 heavy (non-hydrogen) atoms. The Hall–Kier alpha value is -1.04. The molecule has 1 fully saturated rings. The minimum atomic E-state index is -1.14. The molecule has 2 aliphatic rings. The SMILES string of the molecule is CC[C@@H](C)C1=CC(=O)[C@H]2[C@H](O)[C@H](O)C[C@@H](C)[C@@H]2[C@@]1(C)C(=O)CCO. The Labute approximate surface area is 143 Å². The van der Waals surface area contributed by atoms with Crippen LogP contribution in [0, 0.1) is 29.1 Å². The van der Waals surface area contributed by atoms with E-state index in [-0.39, 0.29) is 42.3 Å². The lowest BCUT2D eigenvalue weighted by molar-refractivity contribution is -0.156. The molecule has 3 N–H and O–H groups in total. The van der Waals surface area contributed by atoms with E-state index in [4.69, 9.17) is 0 Å². The zero-order valence-corrected chi connectivity index (χ0v) is 15.0. The molecule has 2 aliphatic carbocycles. The lowest BCUT2D eigenvalue weighted by Crippen LogP contribution is -2.59. The zero-order chi connectivity index (χ0) is 18.2. The highest BCUT2D eigenvalue weighted by molar-refractivity contribution is 5.99. The Balaban J connectivity index is 2.62. The maximum Gasteiger partial charge on any atom is 0.161 e. The van der Waals surface area contributed by atoms with Crippen molar-refractivity contribution in [2.75, 3.05) is 6.61 Å². The van der Waals surface area contributed by atoms with Crippen LogP contribution in [-0.2, 0) is 9.59 Å². The molecule has 0 aromatic rings. The van der Waals surface area contributed by atoms with Gasteiger partial charge in [0, 0.05) is 13.0 Å². The van der Waals surface area contributed by atoms with Crippen molar-refractivity contribution >= 4 is 11.6 Å². The van der Waals surface area contributed by atoms with Gasteiger partial charge < -0.3 is 15.3 Å². The fourth-order valence-electron chi connectivity index (χ4n) is 4.92. The molecule has 0 heterocycles. The third-order valence-corrected chi connectivity index (χ3v) is 6.33. The van der Waals surface area contributed by atoms with Gasteiger partial charge in [-0.15, -0.1) is 0 Å². The highest BCUT2D eigenvalue weighted by atomic mass is 16.3. The number of fused-ring (bicyclic) bond motifs is 1. The first kappa shape index (κ1) is 19.3. The van der Waals surface area contributed by atoms with Gasteiger partial charge >= 0.3 is 0 Å². The first-order valence-electron chi connectivity index (χ1n) is 8.96. The number of ketones is 2. The summed E-state index contributed by atoms with van der Waals surface area (Å²) in [6.45, 7) is 7.58. The molecule has 0 unspecified atom stereocenters. The molecule has 0 aromatic heterocycles. The second-order valence-electron chi connectivity index (χ2n) is 7.73. The number of allylic oxidation sites excluding steroid dienone is 2. The normalized spacial score (nSPS) is 40.7. The van der Waals surface area contributed by atoms with E-state index in [0.29, 0.717) is 6.42 Å². The second-order valence-corrected chi connectivity index (χ2v) is 7.73. The number of Topliss-reactive ketones (excluding diaryl/α,β-unsaturated/α-hetero) is 1. The van der Waals surface area contributed by atoms with Crippen LogP contribution in [0.1, 0.15) is 47.0 Å². The van der Waals surface area contributed by atoms with Crippen molar-refractivity contribution in [3.63, 3.8) is 0 Å². The number of aliphatic hydroxyl groups excluding tert-OH is 3. The van der Waals surface area contributed by atoms with Gasteiger partial charge in [-0.3, -0.25) is 9.59 Å². The molecule has 2 rings (SSSR count). The summed E-state index contributed by atoms with van der Waals surface area (Å²) in [5.74, 6) is -1.39. The van der Waals surface area contributed by atoms with Gasteiger partial charge in [0.05, 0.1) is 23.5 Å². The maximum atomic E-state index is 13.0. The molecule has 0 spiro atoms. The standard InChI is InChI=1S/C19H30O5/c1-5-10(2)12-9-13(21)16-17(11(3)8-14(22)18(16)24)19(12,4)15(23)6-7-20/h9-11,14,16-18,20,22,24H,5-8H2,1-4H3/t10-,11-,14-,16-,17+,18-,19-/m1/s1. The maximum absolute atomic E-state index is 13.0. The van der Waals surface area contributed by atoms with Crippen LogP contribution in [0.4, 0.5) is 0 Å². The van der Waals surface area contributed by atoms with Gasteiger partial charge in [-0.2, -0.15) is 0 Å². The van der Waals surface area contributed by atoms with Crippen LogP contribution in [-0.4, -0.2) is 45.7 Å². The molecule has 7 atom stereocenters. The van der Waals surface area contributed by atoms with E-state index in [9.17, 15) is 24.9 Å². The molecule has 1 saturated carbocycles. The summed E-state index contributed by atoms with van der Waals surface area (Å²) in [6.07, 6.45) is 0.644. The first-order valence-corrected chi connectivity index (χ1v) is 8.96. The third-order valence-electron chi connectivity index (χ3n) is 6.33. The lowest BCUT2D eigenvalue weighted by atomic mass is 9.50. The largest absolute Gasteiger partial charge is 0.396 e. The molecule has 0 aliphatic heterocycles. The number of hydrogen-bond acceptors (Lipinski definition) is 5. The van der Waals surface area contributed by atoms with E-state index in [2.05, 4.69) is 0 Å². The van der Waals surface area contributed by atoms with E-state index >= 15 is 0 Å². The van der Waals surface area contributed by atoms with Gasteiger partial charge in [-0.05, 0) is 43.6 Å². The molecule has 0 radical (unpaired) electrons. The number of aliphatic hydroxyl groups is 3. The lowest BCUT2D eigenvalue weighted by Gasteiger charge is -2.53. The third kappa shape index (κ3) is 2.87. The topological polar surface area (TPSA) is 94.8 Å². The molecule has 0 bridgehead atoms. The average Bonchev–Trinajstić information content (AvgIpc) is 2.53. The zero-order valence-electron chi connectivity index (χ0n) is 15.0. The van der Waals surface area contributed by atoms with E-state index in [0.717, 1.165) is 12.0 Å². The van der Waals surface area contributed by atoms with Gasteiger partial charge in [-0.25, -0.2) is 0 Å². The smallest absolute Gasteiger partial charge is 0.161 e. The van der Waals surface area contributed by atoms with E-state index < -0.39 is 23.5 Å². The molecule has 0 amide bonds. The van der Waals surface area contributed by atoms with Crippen LogP contribution >= 0.6 is 0 Å². The van der Waals surface area contributed by atoms with Crippen LogP contribution in [0.15, 0.2) is 11.6 Å². The minimum Gasteiger partial charge on any atom is -0.396 e. The molecule has 5 nitrogen and oxygen atoms in total. The van der Waals surface area contributed by atoms with E-state index in [1.807, 2.05) is 27.7 Å². The van der Waals surface area contributed by atoms with Crippen molar-refractivity contribution in [1.29, 1.82) is 0 Å². The van der Waals surface area contributed by atoms with Crippen molar-refractivity contribution in [3.05, 3.63) is 11.6 Å². The summed E-state index contributed by atoms with van der Waals surface area (Å²) in [5, 5.41) is 29.8. The molecular weight excluding hydrogens is 308 g/mol. The predicted octanol–water partition coefficient (Wildman–Crippen LogP) is 1.49. The Morgan fingerprint density at radius 1 is 1.42 bits per heavy atom. The van der Waals surface area contributed by atoms with Crippen molar-refractivity contribution in [3.8, 4) is 0 Å². The average molecular weight is 338 g/mol. The summed E-state index contributed by atoms with van der Waals surface area (Å²) < 4.78 is 0. The van der Waals surface area contributed by atoms with Crippen LogP contribution in [0.5, 0.6) is 0 Å². The predicted molar refractivity (Wildman–Crippen MR) is 90.1 cm³/mol. The molecular formula is C19H30O5. The summed E-state index contributed by atoms with van der Waals surface area (Å²) in [4.78, 5) is 25.7. The van der Waals surface area contributed by atoms with Gasteiger partial charge in [0.25, 0.3) is 0 Å². The van der Waals surface area contributed by atoms with Gasteiger partial charge in [-0.1, -0.05) is 26.3 Å². The highest BCUT2D eigenvalue weighted by Gasteiger charge is 2.58. The molecule has 0 aromatic carbocycles. The fourth-order valence-corrected chi connectivity index (χ4v) is 4.92. The van der Waals surface area contributed by atoms with Crippen molar-refractivity contribution < 1.29 is 24.9 Å². The van der Waals surface area contributed by atoms with Crippen LogP contribution in [0.3, 0.4) is 0 Å². The number of rotatable bonds is 5. The summed E-state index contributed by atoms with van der Waals surface area (Å²) in [7, 11) is 0. The van der Waals surface area contributed by atoms with E-state index in [1.54, 1.807) is 0 Å². The van der Waals surface area contributed by atoms with Gasteiger partial charge in [0.15, 0.2) is 5.78 Å². The van der Waals surface area contributed by atoms with Crippen molar-refractivity contribution in [2.45, 2.75) is 59.2 Å². The number of carbonyl (C=O) groups is 2. The summed E-state index contributed by atoms with van der Waals surface area (Å²) >= 11 is 0. The molecule has 0 saturated heterocycles. The van der Waals surface area contributed by atoms with Gasteiger partial charge in [0.2, 0.25) is 0 Å². The first-order chi connectivity index (χ1) is 11.2.